The van der Waals surface area contributed by atoms with E-state index < -0.39 is 5.97 Å². The third-order valence-corrected chi connectivity index (χ3v) is 3.44. The van der Waals surface area contributed by atoms with Crippen molar-refractivity contribution in [3.63, 3.8) is 0 Å². The van der Waals surface area contributed by atoms with E-state index in [1.807, 2.05) is 0 Å². The summed E-state index contributed by atoms with van der Waals surface area (Å²) in [4.78, 5) is 25.0. The molecule has 0 aliphatic carbocycles. The van der Waals surface area contributed by atoms with E-state index in [0.717, 1.165) is 0 Å². The highest BCUT2D eigenvalue weighted by atomic mass is 35.5. The van der Waals surface area contributed by atoms with Gasteiger partial charge in [-0.15, -0.1) is 0 Å². The molecule has 0 aromatic heterocycles. The zero-order chi connectivity index (χ0) is 14.9. The Labute approximate surface area is 126 Å². The van der Waals surface area contributed by atoms with Crippen LogP contribution in [0.15, 0.2) is 12.1 Å². The lowest BCUT2D eigenvalue weighted by atomic mass is 10.2. The van der Waals surface area contributed by atoms with E-state index in [4.69, 9.17) is 27.9 Å². The molecule has 5 nitrogen and oxygen atoms in total. The summed E-state index contributed by atoms with van der Waals surface area (Å²) in [5.41, 5.74) is 1.19. The van der Waals surface area contributed by atoms with Gasteiger partial charge in [0.1, 0.15) is 6.54 Å². The number of fused-ring (bicyclic) bond motifs is 1. The van der Waals surface area contributed by atoms with E-state index in [1.165, 1.54) is 4.90 Å². The van der Waals surface area contributed by atoms with Crippen LogP contribution in [0.2, 0.25) is 10.0 Å². The standard InChI is InChI=1S/C13H14Cl2N2O3/c1-7(2)20-13(19)6-17-11-4-9(15)8(14)3-10(11)16-5-12(17)18/h3-4,7,16H,5-6H2,1-2H3. The summed E-state index contributed by atoms with van der Waals surface area (Å²) >= 11 is 11.9. The van der Waals surface area contributed by atoms with Gasteiger partial charge in [0, 0.05) is 0 Å². The molecule has 108 valence electrons. The second-order valence-corrected chi connectivity index (χ2v) is 5.47. The van der Waals surface area contributed by atoms with Crippen molar-refractivity contribution in [2.75, 3.05) is 23.3 Å². The fraction of sp³-hybridized carbons (Fsp3) is 0.385. The van der Waals surface area contributed by atoms with Gasteiger partial charge in [-0.2, -0.15) is 0 Å². The number of anilines is 2. The number of carbonyl (C=O) groups is 2. The third-order valence-electron chi connectivity index (χ3n) is 2.71. The van der Waals surface area contributed by atoms with Gasteiger partial charge in [0.15, 0.2) is 0 Å². The Morgan fingerprint density at radius 1 is 1.40 bits per heavy atom. The Balaban J connectivity index is 2.28. The first-order valence-electron chi connectivity index (χ1n) is 6.11. The van der Waals surface area contributed by atoms with Gasteiger partial charge in [-0.25, -0.2) is 0 Å². The van der Waals surface area contributed by atoms with E-state index in [2.05, 4.69) is 5.32 Å². The van der Waals surface area contributed by atoms with E-state index in [9.17, 15) is 9.59 Å². The molecule has 0 unspecified atom stereocenters. The maximum atomic E-state index is 12.0. The lowest BCUT2D eigenvalue weighted by Gasteiger charge is -2.30. The highest BCUT2D eigenvalue weighted by Gasteiger charge is 2.27. The second-order valence-electron chi connectivity index (χ2n) is 4.66. The highest BCUT2D eigenvalue weighted by molar-refractivity contribution is 6.42. The second kappa shape index (κ2) is 5.89. The minimum atomic E-state index is -0.465. The molecule has 7 heteroatoms. The van der Waals surface area contributed by atoms with E-state index in [1.54, 1.807) is 26.0 Å². The minimum absolute atomic E-state index is 0.0971. The first kappa shape index (κ1) is 14.9. The number of esters is 1. The lowest BCUT2D eigenvalue weighted by Crippen LogP contribution is -2.43. The van der Waals surface area contributed by atoms with Gasteiger partial charge in [-0.3, -0.25) is 14.5 Å². The highest BCUT2D eigenvalue weighted by Crippen LogP contribution is 2.36. The SMILES string of the molecule is CC(C)OC(=O)CN1C(=O)CNc2cc(Cl)c(Cl)cc21. The predicted octanol–water partition coefficient (Wildman–Crippen LogP) is 2.70. The summed E-state index contributed by atoms with van der Waals surface area (Å²) in [6.45, 7) is 3.45. The number of carbonyl (C=O) groups excluding carboxylic acids is 2. The Morgan fingerprint density at radius 2 is 2.05 bits per heavy atom. The van der Waals surface area contributed by atoms with Crippen molar-refractivity contribution in [1.29, 1.82) is 0 Å². The Hall–Kier alpha value is -1.46. The average molecular weight is 317 g/mol. The first-order valence-corrected chi connectivity index (χ1v) is 6.87. The van der Waals surface area contributed by atoms with Gasteiger partial charge >= 0.3 is 5.97 Å². The van der Waals surface area contributed by atoms with Gasteiger partial charge in [0.05, 0.1) is 34.1 Å². The van der Waals surface area contributed by atoms with Crippen LogP contribution in [-0.4, -0.2) is 31.1 Å². The molecule has 2 rings (SSSR count). The number of halogens is 2. The topological polar surface area (TPSA) is 58.6 Å². The van der Waals surface area contributed by atoms with Gasteiger partial charge in [-0.05, 0) is 26.0 Å². The molecule has 20 heavy (non-hydrogen) atoms. The fourth-order valence-electron chi connectivity index (χ4n) is 1.90. The third kappa shape index (κ3) is 3.16. The van der Waals surface area contributed by atoms with E-state index in [0.29, 0.717) is 21.4 Å². The Bertz CT molecular complexity index is 561. The maximum Gasteiger partial charge on any atom is 0.326 e. The zero-order valence-electron chi connectivity index (χ0n) is 11.1. The number of ether oxygens (including phenoxy) is 1. The van der Waals surface area contributed by atoms with Crippen LogP contribution in [0, 0.1) is 0 Å². The van der Waals surface area contributed by atoms with Gasteiger partial charge in [0.2, 0.25) is 5.91 Å². The number of benzene rings is 1. The van der Waals surface area contributed by atoms with Crippen LogP contribution in [0.25, 0.3) is 0 Å². The smallest absolute Gasteiger partial charge is 0.326 e. The molecule has 0 saturated heterocycles. The molecule has 1 heterocycles. The number of hydrogen-bond acceptors (Lipinski definition) is 4. The van der Waals surface area contributed by atoms with Crippen molar-refractivity contribution in [3.8, 4) is 0 Å². The van der Waals surface area contributed by atoms with Crippen LogP contribution in [-0.2, 0) is 14.3 Å². The van der Waals surface area contributed by atoms with Crippen LogP contribution >= 0.6 is 23.2 Å². The molecular formula is C13H14Cl2N2O3. The molecule has 0 radical (unpaired) electrons. The first-order chi connectivity index (χ1) is 9.38. The Kier molecular flexibility index (Phi) is 4.40. The molecule has 1 aromatic rings. The molecule has 1 amide bonds. The van der Waals surface area contributed by atoms with Gasteiger partial charge in [0.25, 0.3) is 0 Å². The molecule has 1 aromatic carbocycles. The monoisotopic (exact) mass is 316 g/mol. The molecular weight excluding hydrogens is 303 g/mol. The molecule has 1 N–H and O–H groups in total. The van der Waals surface area contributed by atoms with Crippen molar-refractivity contribution in [2.24, 2.45) is 0 Å². The van der Waals surface area contributed by atoms with Crippen molar-refractivity contribution >= 4 is 46.5 Å². The zero-order valence-corrected chi connectivity index (χ0v) is 12.6. The number of nitrogens with zero attached hydrogens (tertiary/aromatic N) is 1. The summed E-state index contributed by atoms with van der Waals surface area (Å²) in [6, 6.07) is 3.19. The maximum absolute atomic E-state index is 12.0. The van der Waals surface area contributed by atoms with Gasteiger partial charge < -0.3 is 10.1 Å². The number of nitrogens with one attached hydrogen (secondary N) is 1. The van der Waals surface area contributed by atoms with Crippen LogP contribution < -0.4 is 10.2 Å². The van der Waals surface area contributed by atoms with Crippen LogP contribution in [0.4, 0.5) is 11.4 Å². The van der Waals surface area contributed by atoms with Gasteiger partial charge in [-0.1, -0.05) is 23.2 Å². The van der Waals surface area contributed by atoms with Crippen molar-refractivity contribution in [2.45, 2.75) is 20.0 Å². The summed E-state index contributed by atoms with van der Waals surface area (Å²) in [5, 5.41) is 3.65. The van der Waals surface area contributed by atoms with E-state index >= 15 is 0 Å². The summed E-state index contributed by atoms with van der Waals surface area (Å²) in [5.74, 6) is -0.691. The summed E-state index contributed by atoms with van der Waals surface area (Å²) < 4.78 is 5.06. The molecule has 1 aliphatic rings. The van der Waals surface area contributed by atoms with Crippen LogP contribution in [0.5, 0.6) is 0 Å². The molecule has 0 bridgehead atoms. The fourth-order valence-corrected chi connectivity index (χ4v) is 2.23. The van der Waals surface area contributed by atoms with Crippen molar-refractivity contribution < 1.29 is 14.3 Å². The summed E-state index contributed by atoms with van der Waals surface area (Å²) in [7, 11) is 0. The Morgan fingerprint density at radius 3 is 2.70 bits per heavy atom. The summed E-state index contributed by atoms with van der Waals surface area (Å²) in [6.07, 6.45) is -0.228. The molecule has 1 aliphatic heterocycles. The van der Waals surface area contributed by atoms with Crippen LogP contribution in [0.1, 0.15) is 13.8 Å². The quantitative estimate of drug-likeness (QED) is 0.871. The molecule has 0 fully saturated rings. The normalized spacial score (nSPS) is 14.1. The minimum Gasteiger partial charge on any atom is -0.462 e. The largest absolute Gasteiger partial charge is 0.462 e. The number of rotatable bonds is 3. The molecule has 0 spiro atoms. The van der Waals surface area contributed by atoms with Crippen LogP contribution in [0.3, 0.4) is 0 Å². The number of hydrogen-bond donors (Lipinski definition) is 1. The number of amides is 1. The average Bonchev–Trinajstić information content (AvgIpc) is 2.34. The van der Waals surface area contributed by atoms with Crippen molar-refractivity contribution in [3.05, 3.63) is 22.2 Å². The molecule has 0 atom stereocenters. The molecule has 0 saturated carbocycles. The van der Waals surface area contributed by atoms with Crippen molar-refractivity contribution in [1.82, 2.24) is 0 Å². The predicted molar refractivity (Wildman–Crippen MR) is 78.5 cm³/mol. The lowest BCUT2D eigenvalue weighted by molar-refractivity contribution is -0.146. The van der Waals surface area contributed by atoms with E-state index in [-0.39, 0.29) is 25.1 Å².